The highest BCUT2D eigenvalue weighted by molar-refractivity contribution is 5.95. The molecule has 0 unspecified atom stereocenters. The van der Waals surface area contributed by atoms with Crippen molar-refractivity contribution in [3.8, 4) is 28.3 Å². The van der Waals surface area contributed by atoms with Crippen molar-refractivity contribution in [2.75, 3.05) is 19.8 Å². The fraction of sp³-hybridized carbons (Fsp3) is 0.259. The lowest BCUT2D eigenvalue weighted by atomic mass is 9.92. The van der Waals surface area contributed by atoms with Gasteiger partial charge in [-0.05, 0) is 37.6 Å². The van der Waals surface area contributed by atoms with Crippen molar-refractivity contribution in [3.05, 3.63) is 76.7 Å². The van der Waals surface area contributed by atoms with E-state index in [2.05, 4.69) is 15.1 Å². The lowest BCUT2D eigenvalue weighted by Gasteiger charge is -2.22. The Kier molecular flexibility index (Phi) is 6.10. The number of rotatable bonds is 2. The van der Waals surface area contributed by atoms with Crippen LogP contribution in [-0.2, 0) is 13.0 Å². The number of ether oxygens (including phenoxy) is 1. The molecule has 0 aliphatic carbocycles. The van der Waals surface area contributed by atoms with Crippen LogP contribution in [0.5, 0.6) is 5.75 Å². The van der Waals surface area contributed by atoms with Gasteiger partial charge in [-0.25, -0.2) is 13.8 Å². The predicted molar refractivity (Wildman–Crippen MR) is 135 cm³/mol. The lowest BCUT2D eigenvalue weighted by Crippen LogP contribution is -2.23. The Hall–Kier alpha value is -4.34. The van der Waals surface area contributed by atoms with Crippen LogP contribution in [0.4, 0.5) is 14.6 Å². The minimum atomic E-state index is -0.782. The van der Waals surface area contributed by atoms with E-state index in [1.54, 1.807) is 50.2 Å². The van der Waals surface area contributed by atoms with Gasteiger partial charge in [0.2, 0.25) is 0 Å². The van der Waals surface area contributed by atoms with Crippen LogP contribution in [0.1, 0.15) is 47.1 Å². The Morgan fingerprint density at radius 1 is 1.24 bits per heavy atom. The van der Waals surface area contributed by atoms with Crippen LogP contribution < -0.4 is 10.5 Å². The third-order valence-electron chi connectivity index (χ3n) is 6.44. The summed E-state index contributed by atoms with van der Waals surface area (Å²) in [6.07, 6.45) is 2.59. The van der Waals surface area contributed by atoms with Gasteiger partial charge in [-0.1, -0.05) is 6.07 Å². The monoisotopic (exact) mass is 504 g/mol. The Morgan fingerprint density at radius 2 is 2.03 bits per heavy atom. The molecule has 1 amide bonds. The number of nitrogen functional groups attached to an aromatic ring is 1. The molecular weight excluding hydrogens is 478 g/mol. The summed E-state index contributed by atoms with van der Waals surface area (Å²) in [5.41, 5.74) is 9.73. The third-order valence-corrected chi connectivity index (χ3v) is 6.44. The molecule has 10 heteroatoms. The van der Waals surface area contributed by atoms with E-state index in [0.29, 0.717) is 34.6 Å². The van der Waals surface area contributed by atoms with Gasteiger partial charge in [0, 0.05) is 67.8 Å². The molecule has 0 fully saturated rings. The molecule has 4 aromatic rings. The van der Waals surface area contributed by atoms with Crippen molar-refractivity contribution in [1.29, 1.82) is 0 Å². The molecule has 2 N–H and O–H groups in total. The van der Waals surface area contributed by atoms with Gasteiger partial charge >= 0.3 is 0 Å². The molecular formula is C27H26F2N6O2. The van der Waals surface area contributed by atoms with E-state index in [0.717, 1.165) is 6.07 Å². The summed E-state index contributed by atoms with van der Waals surface area (Å²) in [5.74, 6) is -1.41. The largest absolute Gasteiger partial charge is 0.482 e. The van der Waals surface area contributed by atoms with Crippen molar-refractivity contribution in [2.45, 2.75) is 32.9 Å². The maximum atomic E-state index is 15.4. The fourth-order valence-corrected chi connectivity index (χ4v) is 4.70. The topological polar surface area (TPSA) is 99.2 Å². The summed E-state index contributed by atoms with van der Waals surface area (Å²) in [5, 5.41) is 4.64. The van der Waals surface area contributed by atoms with E-state index >= 15 is 4.39 Å². The van der Waals surface area contributed by atoms with Gasteiger partial charge in [-0.2, -0.15) is 5.10 Å². The summed E-state index contributed by atoms with van der Waals surface area (Å²) in [6, 6.07) is 7.34. The second kappa shape index (κ2) is 9.27. The van der Waals surface area contributed by atoms with Gasteiger partial charge in [0.15, 0.2) is 17.3 Å². The Bertz CT molecular complexity index is 1530. The number of hydrogen-bond donors (Lipinski definition) is 1. The first-order valence-corrected chi connectivity index (χ1v) is 11.9. The number of carbonyl (C=O) groups excluding carboxylic acids is 1. The number of pyridine rings is 2. The molecule has 2 bridgehead atoms. The van der Waals surface area contributed by atoms with E-state index in [1.165, 1.54) is 11.0 Å². The second-order valence-corrected chi connectivity index (χ2v) is 9.10. The zero-order valence-electron chi connectivity index (χ0n) is 20.9. The molecule has 1 aliphatic heterocycles. The van der Waals surface area contributed by atoms with Gasteiger partial charge in [-0.15, -0.1) is 0 Å². The van der Waals surface area contributed by atoms with Crippen LogP contribution in [0, 0.1) is 11.6 Å². The van der Waals surface area contributed by atoms with Crippen LogP contribution >= 0.6 is 0 Å². The highest BCUT2D eigenvalue weighted by Crippen LogP contribution is 2.40. The van der Waals surface area contributed by atoms with E-state index < -0.39 is 17.7 Å². The van der Waals surface area contributed by atoms with Crippen molar-refractivity contribution in [1.82, 2.24) is 24.6 Å². The molecule has 0 saturated carbocycles. The molecule has 3 aromatic heterocycles. The summed E-state index contributed by atoms with van der Waals surface area (Å²) in [6.45, 7) is 4.09. The molecule has 0 radical (unpaired) electrons. The number of fused-ring (bicyclic) bond motifs is 7. The number of nitrogens with two attached hydrogens (primary N) is 1. The summed E-state index contributed by atoms with van der Waals surface area (Å²) < 4.78 is 37.7. The van der Waals surface area contributed by atoms with Gasteiger partial charge in [-0.3, -0.25) is 14.5 Å². The lowest BCUT2D eigenvalue weighted by molar-refractivity contribution is 0.0820. The highest BCUT2D eigenvalue weighted by atomic mass is 19.1. The zero-order chi connectivity index (χ0) is 26.4. The van der Waals surface area contributed by atoms with Crippen molar-refractivity contribution in [3.63, 3.8) is 0 Å². The molecule has 0 saturated heterocycles. The summed E-state index contributed by atoms with van der Waals surface area (Å²) in [4.78, 5) is 23.5. The number of halogens is 2. The first-order chi connectivity index (χ1) is 17.7. The van der Waals surface area contributed by atoms with Crippen LogP contribution in [0.25, 0.3) is 22.5 Å². The highest BCUT2D eigenvalue weighted by Gasteiger charge is 2.29. The first kappa shape index (κ1) is 24.4. The van der Waals surface area contributed by atoms with Crippen LogP contribution in [-0.4, -0.2) is 44.7 Å². The summed E-state index contributed by atoms with van der Waals surface area (Å²) >= 11 is 0. The van der Waals surface area contributed by atoms with E-state index in [-0.39, 0.29) is 40.7 Å². The quantitative estimate of drug-likeness (QED) is 0.427. The number of amides is 1. The maximum absolute atomic E-state index is 15.4. The number of hydrogen-bond acceptors (Lipinski definition) is 6. The van der Waals surface area contributed by atoms with Crippen LogP contribution in [0.3, 0.4) is 0 Å². The minimum absolute atomic E-state index is 0.123. The van der Waals surface area contributed by atoms with E-state index in [9.17, 15) is 9.18 Å². The number of aryl methyl sites for hydroxylation is 1. The van der Waals surface area contributed by atoms with E-state index in [4.69, 9.17) is 10.5 Å². The molecule has 190 valence electrons. The molecule has 1 aliphatic rings. The first-order valence-electron chi connectivity index (χ1n) is 11.9. The van der Waals surface area contributed by atoms with Gasteiger partial charge in [0.1, 0.15) is 17.7 Å². The maximum Gasteiger partial charge on any atom is 0.274 e. The number of benzene rings is 1. The van der Waals surface area contributed by atoms with Gasteiger partial charge in [0.25, 0.3) is 5.91 Å². The van der Waals surface area contributed by atoms with Crippen molar-refractivity contribution < 1.29 is 18.3 Å². The fourth-order valence-electron chi connectivity index (χ4n) is 4.70. The average molecular weight is 505 g/mol. The molecule has 4 heterocycles. The molecule has 37 heavy (non-hydrogen) atoms. The Balaban J connectivity index is 1.89. The normalized spacial score (nSPS) is 14.4. The summed E-state index contributed by atoms with van der Waals surface area (Å²) in [7, 11) is 3.31. The smallest absolute Gasteiger partial charge is 0.274 e. The molecule has 0 spiro atoms. The number of carbonyl (C=O) groups is 1. The van der Waals surface area contributed by atoms with Crippen molar-refractivity contribution in [2.24, 2.45) is 0 Å². The number of aromatic nitrogens is 4. The van der Waals surface area contributed by atoms with Crippen LogP contribution in [0.15, 0.2) is 42.7 Å². The van der Waals surface area contributed by atoms with Gasteiger partial charge < -0.3 is 15.4 Å². The number of anilines is 1. The Labute approximate surface area is 212 Å². The third kappa shape index (κ3) is 4.18. The molecule has 1 atom stereocenters. The van der Waals surface area contributed by atoms with Gasteiger partial charge in [0.05, 0.1) is 11.4 Å². The molecule has 5 rings (SSSR count). The van der Waals surface area contributed by atoms with Crippen molar-refractivity contribution >= 4 is 11.7 Å². The predicted octanol–water partition coefficient (Wildman–Crippen LogP) is 4.63. The average Bonchev–Trinajstić information content (AvgIpc) is 3.22. The SMILES string of the molecule is CCn1nc(C(=O)N(C)C)c2c1-c1cnc(N)c(c1)O[C@H](C)c1cc(F)cc(F)c1-c1ncccc1C2. The second-order valence-electron chi connectivity index (χ2n) is 9.10. The molecule has 1 aromatic carbocycles. The zero-order valence-corrected chi connectivity index (χ0v) is 20.9. The number of nitrogens with zero attached hydrogens (tertiary/aromatic N) is 5. The Morgan fingerprint density at radius 3 is 2.76 bits per heavy atom. The van der Waals surface area contributed by atoms with E-state index in [1.807, 2.05) is 13.0 Å². The van der Waals surface area contributed by atoms with Crippen LogP contribution in [0.2, 0.25) is 0 Å². The molecule has 8 nitrogen and oxygen atoms in total. The minimum Gasteiger partial charge on any atom is -0.482 e. The standard InChI is InChI=1S/C27H26F2N6O2/c1-5-35-25-16-10-21(26(30)32-13-16)37-14(2)18-11-17(28)12-20(29)22(18)23-15(7-6-8-31-23)9-19(25)24(33-35)27(36)34(3)4/h6-8,10-14H,5,9H2,1-4H3,(H2,30,32)/t14-/m1/s1.